The lowest BCUT2D eigenvalue weighted by molar-refractivity contribution is 0.581. The first kappa shape index (κ1) is 12.5. The molecule has 1 nitrogen and oxygen atoms in total. The number of hydrogen-bond donors (Lipinski definition) is 1. The predicted octanol–water partition coefficient (Wildman–Crippen LogP) is 4.58. The van der Waals surface area contributed by atoms with Crippen molar-refractivity contribution < 1.29 is 0 Å². The maximum Gasteiger partial charge on any atom is 0.0380 e. The maximum atomic E-state index is 3.77. The molecular weight excluding hydrogens is 206 g/mol. The molecule has 0 aliphatic heterocycles. The van der Waals surface area contributed by atoms with Gasteiger partial charge in [0.25, 0.3) is 0 Å². The van der Waals surface area contributed by atoms with Crippen molar-refractivity contribution >= 4 is 5.69 Å². The second-order valence-corrected chi connectivity index (χ2v) is 6.29. The Morgan fingerprint density at radius 1 is 1.24 bits per heavy atom. The van der Waals surface area contributed by atoms with Crippen molar-refractivity contribution in [3.63, 3.8) is 0 Å². The largest absolute Gasteiger partial charge is 0.382 e. The highest BCUT2D eigenvalue weighted by Crippen LogP contribution is 2.37. The summed E-state index contributed by atoms with van der Waals surface area (Å²) in [7, 11) is 0. The van der Waals surface area contributed by atoms with Crippen LogP contribution in [0.5, 0.6) is 0 Å². The zero-order chi connectivity index (χ0) is 12.5. The van der Waals surface area contributed by atoms with Crippen molar-refractivity contribution in [2.24, 2.45) is 5.92 Å². The molecule has 1 saturated carbocycles. The fraction of sp³-hybridized carbons (Fsp3) is 0.625. The Morgan fingerprint density at radius 3 is 2.41 bits per heavy atom. The van der Waals surface area contributed by atoms with Crippen LogP contribution < -0.4 is 5.32 Å². The zero-order valence-corrected chi connectivity index (χ0v) is 11.6. The Balaban J connectivity index is 2.19. The van der Waals surface area contributed by atoms with E-state index in [9.17, 15) is 0 Å². The fourth-order valence-electron chi connectivity index (χ4n) is 2.51. The van der Waals surface area contributed by atoms with Gasteiger partial charge in [-0.3, -0.25) is 0 Å². The standard InChI is InChI=1S/C16H25N/c1-5-14(12-10-11-12)17-15-9-7-6-8-13(15)16(2,3)4/h6-9,12,14,17H,5,10-11H2,1-4H3. The molecular formula is C16H25N. The van der Waals surface area contributed by atoms with Gasteiger partial charge in [0.2, 0.25) is 0 Å². The molecule has 0 spiro atoms. The van der Waals surface area contributed by atoms with E-state index in [2.05, 4.69) is 57.3 Å². The minimum Gasteiger partial charge on any atom is -0.382 e. The summed E-state index contributed by atoms with van der Waals surface area (Å²) in [5.74, 6) is 0.910. The van der Waals surface area contributed by atoms with Crippen LogP contribution in [0.1, 0.15) is 52.5 Å². The van der Waals surface area contributed by atoms with Crippen LogP contribution in [0.25, 0.3) is 0 Å². The van der Waals surface area contributed by atoms with Crippen LogP contribution in [0, 0.1) is 5.92 Å². The van der Waals surface area contributed by atoms with E-state index in [1.165, 1.54) is 30.5 Å². The molecule has 1 aliphatic rings. The molecule has 1 N–H and O–H groups in total. The molecule has 0 amide bonds. The Kier molecular flexibility index (Phi) is 3.46. The van der Waals surface area contributed by atoms with Crippen molar-refractivity contribution in [1.29, 1.82) is 0 Å². The third-order valence-corrected chi connectivity index (χ3v) is 3.71. The van der Waals surface area contributed by atoms with Gasteiger partial charge in [-0.25, -0.2) is 0 Å². The third-order valence-electron chi connectivity index (χ3n) is 3.71. The average molecular weight is 231 g/mol. The van der Waals surface area contributed by atoms with Crippen LogP contribution in [0.15, 0.2) is 24.3 Å². The molecule has 94 valence electrons. The quantitative estimate of drug-likeness (QED) is 0.799. The first-order chi connectivity index (χ1) is 8.02. The van der Waals surface area contributed by atoms with Crippen molar-refractivity contribution in [3.8, 4) is 0 Å². The van der Waals surface area contributed by atoms with Gasteiger partial charge in [0, 0.05) is 11.7 Å². The van der Waals surface area contributed by atoms with Gasteiger partial charge in [-0.1, -0.05) is 45.9 Å². The second kappa shape index (κ2) is 4.72. The van der Waals surface area contributed by atoms with Crippen LogP contribution in [-0.4, -0.2) is 6.04 Å². The topological polar surface area (TPSA) is 12.0 Å². The number of para-hydroxylation sites is 1. The first-order valence-corrected chi connectivity index (χ1v) is 6.88. The number of anilines is 1. The van der Waals surface area contributed by atoms with E-state index in [-0.39, 0.29) is 5.41 Å². The molecule has 1 aliphatic carbocycles. The van der Waals surface area contributed by atoms with E-state index in [0.717, 1.165) is 5.92 Å². The molecule has 1 aromatic carbocycles. The number of benzene rings is 1. The van der Waals surface area contributed by atoms with Gasteiger partial charge in [-0.2, -0.15) is 0 Å². The molecule has 0 saturated heterocycles. The summed E-state index contributed by atoms with van der Waals surface area (Å²) in [6, 6.07) is 9.42. The van der Waals surface area contributed by atoms with Crippen molar-refractivity contribution in [2.75, 3.05) is 5.32 Å². The van der Waals surface area contributed by atoms with Crippen LogP contribution >= 0.6 is 0 Å². The molecule has 0 heterocycles. The smallest absolute Gasteiger partial charge is 0.0380 e. The second-order valence-electron chi connectivity index (χ2n) is 6.29. The highest BCUT2D eigenvalue weighted by Gasteiger charge is 2.30. The Bertz CT molecular complexity index is 371. The van der Waals surface area contributed by atoms with Crippen LogP contribution in [0.2, 0.25) is 0 Å². The molecule has 2 rings (SSSR count). The zero-order valence-electron chi connectivity index (χ0n) is 11.6. The fourth-order valence-corrected chi connectivity index (χ4v) is 2.51. The van der Waals surface area contributed by atoms with Gasteiger partial charge in [0.15, 0.2) is 0 Å². The molecule has 1 unspecified atom stereocenters. The van der Waals surface area contributed by atoms with Gasteiger partial charge in [0.05, 0.1) is 0 Å². The highest BCUT2D eigenvalue weighted by molar-refractivity contribution is 5.54. The Hall–Kier alpha value is -0.980. The predicted molar refractivity (Wildman–Crippen MR) is 75.6 cm³/mol. The molecule has 0 aromatic heterocycles. The molecule has 0 radical (unpaired) electrons. The lowest BCUT2D eigenvalue weighted by atomic mass is 9.85. The van der Waals surface area contributed by atoms with E-state index < -0.39 is 0 Å². The van der Waals surface area contributed by atoms with E-state index in [1.807, 2.05) is 0 Å². The summed E-state index contributed by atoms with van der Waals surface area (Å²) in [4.78, 5) is 0. The lowest BCUT2D eigenvalue weighted by Crippen LogP contribution is -2.23. The van der Waals surface area contributed by atoms with Crippen LogP contribution in [0.3, 0.4) is 0 Å². The first-order valence-electron chi connectivity index (χ1n) is 6.88. The van der Waals surface area contributed by atoms with Crippen molar-refractivity contribution in [2.45, 2.75) is 58.4 Å². The SMILES string of the molecule is CCC(Nc1ccccc1C(C)(C)C)C1CC1. The highest BCUT2D eigenvalue weighted by atomic mass is 14.9. The van der Waals surface area contributed by atoms with Gasteiger partial charge in [-0.15, -0.1) is 0 Å². The Labute approximate surface area is 106 Å². The molecule has 0 bridgehead atoms. The van der Waals surface area contributed by atoms with E-state index >= 15 is 0 Å². The van der Waals surface area contributed by atoms with Crippen LogP contribution in [-0.2, 0) is 5.41 Å². The number of rotatable bonds is 4. The van der Waals surface area contributed by atoms with E-state index in [0.29, 0.717) is 6.04 Å². The summed E-state index contributed by atoms with van der Waals surface area (Å²) in [5.41, 5.74) is 2.98. The lowest BCUT2D eigenvalue weighted by Gasteiger charge is -2.26. The minimum atomic E-state index is 0.214. The normalized spacial score (nSPS) is 17.9. The molecule has 1 atom stereocenters. The minimum absolute atomic E-state index is 0.214. The van der Waals surface area contributed by atoms with E-state index in [1.54, 1.807) is 0 Å². The molecule has 17 heavy (non-hydrogen) atoms. The van der Waals surface area contributed by atoms with E-state index in [4.69, 9.17) is 0 Å². The number of hydrogen-bond acceptors (Lipinski definition) is 1. The molecule has 1 fully saturated rings. The number of nitrogens with one attached hydrogen (secondary N) is 1. The van der Waals surface area contributed by atoms with Gasteiger partial charge in [-0.05, 0) is 42.2 Å². The monoisotopic (exact) mass is 231 g/mol. The van der Waals surface area contributed by atoms with Crippen molar-refractivity contribution in [3.05, 3.63) is 29.8 Å². The average Bonchev–Trinajstić information content (AvgIpc) is 3.09. The summed E-state index contributed by atoms with van der Waals surface area (Å²) >= 11 is 0. The summed E-state index contributed by atoms with van der Waals surface area (Å²) < 4.78 is 0. The van der Waals surface area contributed by atoms with Gasteiger partial charge in [0.1, 0.15) is 0 Å². The third kappa shape index (κ3) is 3.02. The summed E-state index contributed by atoms with van der Waals surface area (Å²) in [5, 5.41) is 3.77. The van der Waals surface area contributed by atoms with Gasteiger partial charge < -0.3 is 5.32 Å². The Morgan fingerprint density at radius 2 is 1.88 bits per heavy atom. The summed E-state index contributed by atoms with van der Waals surface area (Å²) in [6.45, 7) is 9.14. The van der Waals surface area contributed by atoms with Crippen LogP contribution in [0.4, 0.5) is 5.69 Å². The maximum absolute atomic E-state index is 3.77. The molecule has 1 heteroatoms. The van der Waals surface area contributed by atoms with Crippen molar-refractivity contribution in [1.82, 2.24) is 0 Å². The summed E-state index contributed by atoms with van der Waals surface area (Å²) in [6.07, 6.45) is 4.04. The molecule has 1 aromatic rings. The van der Waals surface area contributed by atoms with Gasteiger partial charge >= 0.3 is 0 Å².